The number of benzene rings is 1. The van der Waals surface area contributed by atoms with Gasteiger partial charge in [0.2, 0.25) is 5.91 Å². The summed E-state index contributed by atoms with van der Waals surface area (Å²) in [6, 6.07) is 9.75. The van der Waals surface area contributed by atoms with Gasteiger partial charge in [-0.25, -0.2) is 0 Å². The van der Waals surface area contributed by atoms with Crippen molar-refractivity contribution in [2.45, 2.75) is 6.42 Å². The van der Waals surface area contributed by atoms with E-state index in [2.05, 4.69) is 0 Å². The molecule has 4 heteroatoms. The van der Waals surface area contributed by atoms with Crippen molar-refractivity contribution in [3.63, 3.8) is 0 Å². The maximum atomic E-state index is 11.7. The van der Waals surface area contributed by atoms with E-state index in [1.807, 2.05) is 48.1 Å². The predicted octanol–water partition coefficient (Wildman–Crippen LogP) is 2.05. The first-order valence-electron chi connectivity index (χ1n) is 5.32. The summed E-state index contributed by atoms with van der Waals surface area (Å²) in [7, 11) is 3.63. The Bertz CT molecular complexity index is 607. The van der Waals surface area contributed by atoms with E-state index in [0.717, 1.165) is 16.6 Å². The molecule has 86 valence electrons. The first-order chi connectivity index (χ1) is 8.15. The van der Waals surface area contributed by atoms with E-state index in [1.165, 1.54) is 4.90 Å². The normalized spacial score (nSPS) is 10.2. The van der Waals surface area contributed by atoms with Gasteiger partial charge >= 0.3 is 0 Å². The van der Waals surface area contributed by atoms with Crippen LogP contribution in [-0.4, -0.2) is 17.5 Å². The average Bonchev–Trinajstić information content (AvgIpc) is 2.67. The number of nitrogens with zero attached hydrogens (tertiary/aromatic N) is 3. The standard InChI is InChI=1S/C13H13N3O/c1-15-9-12(16(2)13(17)7-8-14)10-5-3-4-6-11(10)15/h3-6,9H,7H2,1-2H3. The molecule has 0 radical (unpaired) electrons. The number of hydrogen-bond donors (Lipinski definition) is 0. The van der Waals surface area contributed by atoms with E-state index in [0.29, 0.717) is 0 Å². The zero-order valence-electron chi connectivity index (χ0n) is 9.84. The molecule has 17 heavy (non-hydrogen) atoms. The van der Waals surface area contributed by atoms with Crippen molar-refractivity contribution in [2.75, 3.05) is 11.9 Å². The number of anilines is 1. The molecular weight excluding hydrogens is 214 g/mol. The second-order valence-corrected chi connectivity index (χ2v) is 3.93. The Morgan fingerprint density at radius 2 is 2.18 bits per heavy atom. The predicted molar refractivity (Wildman–Crippen MR) is 66.6 cm³/mol. The van der Waals surface area contributed by atoms with Crippen LogP contribution in [0.15, 0.2) is 30.5 Å². The van der Waals surface area contributed by atoms with Crippen LogP contribution in [0.25, 0.3) is 10.9 Å². The molecule has 0 atom stereocenters. The molecule has 1 amide bonds. The maximum absolute atomic E-state index is 11.7. The van der Waals surface area contributed by atoms with E-state index in [9.17, 15) is 4.79 Å². The van der Waals surface area contributed by atoms with Gasteiger partial charge in [-0.3, -0.25) is 4.79 Å². The SMILES string of the molecule is CN(C(=O)CC#N)c1cn(C)c2ccccc12. The summed E-state index contributed by atoms with van der Waals surface area (Å²) in [5.74, 6) is -0.191. The van der Waals surface area contributed by atoms with Crippen LogP contribution < -0.4 is 4.90 Å². The van der Waals surface area contributed by atoms with Crippen LogP contribution in [0.1, 0.15) is 6.42 Å². The summed E-state index contributed by atoms with van der Waals surface area (Å²) in [6.07, 6.45) is 1.81. The highest BCUT2D eigenvalue weighted by atomic mass is 16.2. The topological polar surface area (TPSA) is 49.0 Å². The largest absolute Gasteiger partial charge is 0.348 e. The maximum Gasteiger partial charge on any atom is 0.241 e. The first kappa shape index (κ1) is 11.2. The molecular formula is C13H13N3O. The highest BCUT2D eigenvalue weighted by molar-refractivity contribution is 6.03. The van der Waals surface area contributed by atoms with Gasteiger partial charge in [0.1, 0.15) is 6.42 Å². The molecule has 0 saturated heterocycles. The molecule has 0 unspecified atom stereocenters. The molecule has 1 aromatic carbocycles. The summed E-state index contributed by atoms with van der Waals surface area (Å²) >= 11 is 0. The molecule has 0 saturated carbocycles. The number of hydrogen-bond acceptors (Lipinski definition) is 2. The van der Waals surface area contributed by atoms with Crippen molar-refractivity contribution in [3.8, 4) is 6.07 Å². The number of para-hydroxylation sites is 1. The molecule has 0 aliphatic carbocycles. The summed E-state index contributed by atoms with van der Waals surface area (Å²) in [5.41, 5.74) is 1.91. The molecule has 2 aromatic rings. The van der Waals surface area contributed by atoms with E-state index in [1.54, 1.807) is 7.05 Å². The van der Waals surface area contributed by atoms with Crippen LogP contribution in [0.3, 0.4) is 0 Å². The summed E-state index contributed by atoms with van der Waals surface area (Å²) < 4.78 is 1.97. The highest BCUT2D eigenvalue weighted by Crippen LogP contribution is 2.27. The quantitative estimate of drug-likeness (QED) is 0.788. The fourth-order valence-corrected chi connectivity index (χ4v) is 1.91. The lowest BCUT2D eigenvalue weighted by molar-refractivity contribution is -0.117. The third-order valence-electron chi connectivity index (χ3n) is 2.84. The van der Waals surface area contributed by atoms with Gasteiger partial charge in [-0.2, -0.15) is 5.26 Å². The molecule has 4 nitrogen and oxygen atoms in total. The van der Waals surface area contributed by atoms with Crippen molar-refractivity contribution in [1.82, 2.24) is 4.57 Å². The minimum atomic E-state index is -0.191. The van der Waals surface area contributed by atoms with Crippen molar-refractivity contribution in [1.29, 1.82) is 5.26 Å². The van der Waals surface area contributed by atoms with Gasteiger partial charge in [0.15, 0.2) is 0 Å². The lowest BCUT2D eigenvalue weighted by atomic mass is 10.2. The van der Waals surface area contributed by atoms with E-state index >= 15 is 0 Å². The van der Waals surface area contributed by atoms with Crippen LogP contribution in [0, 0.1) is 11.3 Å². The lowest BCUT2D eigenvalue weighted by Gasteiger charge is -2.14. The minimum Gasteiger partial charge on any atom is -0.348 e. The number of carbonyl (C=O) groups excluding carboxylic acids is 1. The van der Waals surface area contributed by atoms with Gasteiger partial charge in [-0.15, -0.1) is 0 Å². The van der Waals surface area contributed by atoms with Crippen LogP contribution in [-0.2, 0) is 11.8 Å². The van der Waals surface area contributed by atoms with Gasteiger partial charge < -0.3 is 9.47 Å². The molecule has 1 aromatic heterocycles. The van der Waals surface area contributed by atoms with E-state index in [-0.39, 0.29) is 12.3 Å². The van der Waals surface area contributed by atoms with Gasteiger partial charge in [0.05, 0.1) is 11.8 Å². The summed E-state index contributed by atoms with van der Waals surface area (Å²) in [4.78, 5) is 13.2. The number of carbonyl (C=O) groups is 1. The van der Waals surface area contributed by atoms with Crippen LogP contribution in [0.2, 0.25) is 0 Å². The second kappa shape index (κ2) is 4.30. The molecule has 2 rings (SSSR count). The first-order valence-corrected chi connectivity index (χ1v) is 5.32. The van der Waals surface area contributed by atoms with Gasteiger partial charge in [-0.1, -0.05) is 18.2 Å². The molecule has 0 aliphatic rings. The molecule has 0 spiro atoms. The molecule has 1 heterocycles. The van der Waals surface area contributed by atoms with Gasteiger partial charge in [0.25, 0.3) is 0 Å². The van der Waals surface area contributed by atoms with Crippen molar-refractivity contribution < 1.29 is 4.79 Å². The Morgan fingerprint density at radius 1 is 1.47 bits per heavy atom. The zero-order chi connectivity index (χ0) is 12.4. The fraction of sp³-hybridized carbons (Fsp3) is 0.231. The molecule has 0 fully saturated rings. The Morgan fingerprint density at radius 3 is 2.88 bits per heavy atom. The molecule has 0 N–H and O–H groups in total. The lowest BCUT2D eigenvalue weighted by Crippen LogP contribution is -2.25. The monoisotopic (exact) mass is 227 g/mol. The van der Waals surface area contributed by atoms with Crippen molar-refractivity contribution >= 4 is 22.5 Å². The van der Waals surface area contributed by atoms with Crippen LogP contribution >= 0.6 is 0 Å². The summed E-state index contributed by atoms with van der Waals surface area (Å²) in [6.45, 7) is 0. The van der Waals surface area contributed by atoms with Crippen LogP contribution in [0.5, 0.6) is 0 Å². The third-order valence-corrected chi connectivity index (χ3v) is 2.84. The van der Waals surface area contributed by atoms with Crippen LogP contribution in [0.4, 0.5) is 5.69 Å². The third kappa shape index (κ3) is 1.87. The number of nitriles is 1. The van der Waals surface area contributed by atoms with Crippen molar-refractivity contribution in [2.24, 2.45) is 7.05 Å². The Kier molecular flexibility index (Phi) is 2.84. The second-order valence-electron chi connectivity index (χ2n) is 3.93. The molecule has 0 aliphatic heterocycles. The number of aromatic nitrogens is 1. The van der Waals surface area contributed by atoms with E-state index in [4.69, 9.17) is 5.26 Å². The van der Waals surface area contributed by atoms with Gasteiger partial charge in [0, 0.05) is 31.2 Å². The van der Waals surface area contributed by atoms with E-state index < -0.39 is 0 Å². The fourth-order valence-electron chi connectivity index (χ4n) is 1.91. The number of rotatable bonds is 2. The Labute approximate surface area is 99.7 Å². The Balaban J connectivity index is 2.49. The summed E-state index contributed by atoms with van der Waals surface area (Å²) in [5, 5.41) is 9.57. The average molecular weight is 227 g/mol. The molecule has 0 bridgehead atoms. The highest BCUT2D eigenvalue weighted by Gasteiger charge is 2.15. The van der Waals surface area contributed by atoms with Crippen molar-refractivity contribution in [3.05, 3.63) is 30.5 Å². The number of fused-ring (bicyclic) bond motifs is 1. The number of amides is 1. The zero-order valence-corrected chi connectivity index (χ0v) is 9.84. The smallest absolute Gasteiger partial charge is 0.241 e. The van der Waals surface area contributed by atoms with Gasteiger partial charge in [-0.05, 0) is 6.07 Å². The minimum absolute atomic E-state index is 0.0975. The number of aryl methyl sites for hydroxylation is 1. The Hall–Kier alpha value is -2.28.